The molecule has 0 radical (unpaired) electrons. The van der Waals surface area contributed by atoms with Gasteiger partial charge in [-0.15, -0.1) is 11.8 Å². The highest BCUT2D eigenvalue weighted by Crippen LogP contribution is 2.30. The van der Waals surface area contributed by atoms with Crippen LogP contribution in [0.3, 0.4) is 0 Å². The lowest BCUT2D eigenvalue weighted by Crippen LogP contribution is -2.00. The molecular formula is C10H10BrFO3S. The molecule has 0 heterocycles. The van der Waals surface area contributed by atoms with Gasteiger partial charge in [0.2, 0.25) is 0 Å². The summed E-state index contributed by atoms with van der Waals surface area (Å²) in [5.41, 5.74) is -0.0754. The number of hydrogen-bond acceptors (Lipinski definition) is 3. The van der Waals surface area contributed by atoms with Crippen LogP contribution >= 0.6 is 27.7 Å². The van der Waals surface area contributed by atoms with Crippen molar-refractivity contribution in [2.75, 3.05) is 19.5 Å². The Morgan fingerprint density at radius 2 is 2.31 bits per heavy atom. The van der Waals surface area contributed by atoms with Gasteiger partial charge in [0.1, 0.15) is 0 Å². The second kappa shape index (κ2) is 6.22. The van der Waals surface area contributed by atoms with Gasteiger partial charge >= 0.3 is 5.97 Å². The zero-order valence-corrected chi connectivity index (χ0v) is 10.9. The Morgan fingerprint density at radius 1 is 1.62 bits per heavy atom. The Bertz CT molecular complexity index is 398. The van der Waals surface area contributed by atoms with Crippen LogP contribution in [0, 0.1) is 5.82 Å². The van der Waals surface area contributed by atoms with E-state index in [-0.39, 0.29) is 10.0 Å². The van der Waals surface area contributed by atoms with E-state index in [2.05, 4.69) is 15.9 Å². The van der Waals surface area contributed by atoms with E-state index in [0.29, 0.717) is 17.3 Å². The molecule has 1 N–H and O–H groups in total. The Hall–Kier alpha value is -0.590. The van der Waals surface area contributed by atoms with Crippen molar-refractivity contribution >= 4 is 33.7 Å². The van der Waals surface area contributed by atoms with Crippen LogP contribution in [0.5, 0.6) is 0 Å². The van der Waals surface area contributed by atoms with Gasteiger partial charge in [-0.05, 0) is 28.1 Å². The highest BCUT2D eigenvalue weighted by molar-refractivity contribution is 9.10. The van der Waals surface area contributed by atoms with Crippen molar-refractivity contribution in [2.45, 2.75) is 4.90 Å². The van der Waals surface area contributed by atoms with Crippen molar-refractivity contribution in [1.82, 2.24) is 0 Å². The third-order valence-corrected chi connectivity index (χ3v) is 3.59. The van der Waals surface area contributed by atoms with Gasteiger partial charge in [-0.25, -0.2) is 9.18 Å². The number of carboxylic acid groups (broad SMARTS) is 1. The number of rotatable bonds is 5. The SMILES string of the molecule is COCCSc1ccc(C(=O)O)c(Br)c1F. The predicted octanol–water partition coefficient (Wildman–Crippen LogP) is 3.02. The third-order valence-electron chi connectivity index (χ3n) is 1.82. The average molecular weight is 309 g/mol. The van der Waals surface area contributed by atoms with Crippen LogP contribution in [0.2, 0.25) is 0 Å². The summed E-state index contributed by atoms with van der Waals surface area (Å²) in [7, 11) is 1.57. The molecule has 0 aromatic heterocycles. The van der Waals surface area contributed by atoms with Crippen molar-refractivity contribution in [3.63, 3.8) is 0 Å². The minimum Gasteiger partial charge on any atom is -0.478 e. The molecule has 0 aliphatic carbocycles. The summed E-state index contributed by atoms with van der Waals surface area (Å²) in [6.07, 6.45) is 0. The van der Waals surface area contributed by atoms with Gasteiger partial charge in [-0.3, -0.25) is 0 Å². The van der Waals surface area contributed by atoms with Gasteiger partial charge in [0.05, 0.1) is 16.6 Å². The normalized spacial score (nSPS) is 10.4. The molecule has 6 heteroatoms. The van der Waals surface area contributed by atoms with Gasteiger partial charge in [0, 0.05) is 17.8 Å². The first-order valence-corrected chi connectivity index (χ1v) is 6.18. The molecule has 1 aromatic rings. The molecule has 3 nitrogen and oxygen atoms in total. The zero-order chi connectivity index (χ0) is 12.1. The van der Waals surface area contributed by atoms with E-state index in [1.165, 1.54) is 23.9 Å². The zero-order valence-electron chi connectivity index (χ0n) is 8.50. The quantitative estimate of drug-likeness (QED) is 0.671. The molecule has 0 atom stereocenters. The van der Waals surface area contributed by atoms with Gasteiger partial charge < -0.3 is 9.84 Å². The largest absolute Gasteiger partial charge is 0.478 e. The fourth-order valence-corrected chi connectivity index (χ4v) is 2.55. The number of carboxylic acids is 1. The van der Waals surface area contributed by atoms with Crippen molar-refractivity contribution in [2.24, 2.45) is 0 Å². The lowest BCUT2D eigenvalue weighted by atomic mass is 10.2. The first-order chi connectivity index (χ1) is 7.57. The van der Waals surface area contributed by atoms with Crippen LogP contribution in [-0.2, 0) is 4.74 Å². The molecule has 88 valence electrons. The van der Waals surface area contributed by atoms with Crippen LogP contribution in [0.4, 0.5) is 4.39 Å². The van der Waals surface area contributed by atoms with E-state index in [1.807, 2.05) is 0 Å². The monoisotopic (exact) mass is 308 g/mol. The Labute approximate surface area is 105 Å². The lowest BCUT2D eigenvalue weighted by molar-refractivity contribution is 0.0695. The van der Waals surface area contributed by atoms with E-state index < -0.39 is 11.8 Å². The molecule has 0 amide bonds. The number of aromatic carboxylic acids is 1. The molecule has 0 fully saturated rings. The Balaban J connectivity index is 2.89. The van der Waals surface area contributed by atoms with Gasteiger partial charge in [0.15, 0.2) is 5.82 Å². The maximum atomic E-state index is 13.7. The third kappa shape index (κ3) is 3.20. The molecule has 0 bridgehead atoms. The van der Waals surface area contributed by atoms with E-state index in [9.17, 15) is 9.18 Å². The van der Waals surface area contributed by atoms with E-state index in [4.69, 9.17) is 9.84 Å². The molecule has 0 saturated carbocycles. The number of carbonyl (C=O) groups is 1. The van der Waals surface area contributed by atoms with Crippen LogP contribution in [0.15, 0.2) is 21.5 Å². The number of hydrogen-bond donors (Lipinski definition) is 1. The number of ether oxygens (including phenoxy) is 1. The molecule has 0 aliphatic heterocycles. The number of halogens is 2. The second-order valence-electron chi connectivity index (χ2n) is 2.89. The standard InChI is InChI=1S/C10H10BrFO3S/c1-15-4-5-16-7-3-2-6(10(13)14)8(11)9(7)12/h2-3H,4-5H2,1H3,(H,13,14). The summed E-state index contributed by atoms with van der Waals surface area (Å²) in [6, 6.07) is 2.84. The average Bonchev–Trinajstić information content (AvgIpc) is 2.24. The van der Waals surface area contributed by atoms with Crippen molar-refractivity contribution < 1.29 is 19.0 Å². The highest BCUT2D eigenvalue weighted by Gasteiger charge is 2.15. The molecule has 1 rings (SSSR count). The lowest BCUT2D eigenvalue weighted by Gasteiger charge is -2.06. The maximum Gasteiger partial charge on any atom is 0.336 e. The number of methoxy groups -OCH3 is 1. The summed E-state index contributed by atoms with van der Waals surface area (Å²) in [5, 5.41) is 8.77. The van der Waals surface area contributed by atoms with Crippen LogP contribution in [0.1, 0.15) is 10.4 Å². The van der Waals surface area contributed by atoms with Gasteiger partial charge in [-0.1, -0.05) is 0 Å². The summed E-state index contributed by atoms with van der Waals surface area (Å²) in [4.78, 5) is 11.1. The molecule has 16 heavy (non-hydrogen) atoms. The fourth-order valence-electron chi connectivity index (χ4n) is 1.04. The molecular weight excluding hydrogens is 299 g/mol. The molecule has 0 aliphatic rings. The Kier molecular flexibility index (Phi) is 5.24. The molecule has 0 unspecified atom stereocenters. The smallest absolute Gasteiger partial charge is 0.336 e. The fraction of sp³-hybridized carbons (Fsp3) is 0.300. The van der Waals surface area contributed by atoms with Crippen LogP contribution in [-0.4, -0.2) is 30.5 Å². The summed E-state index contributed by atoms with van der Waals surface area (Å²) in [6.45, 7) is 0.516. The number of thioether (sulfide) groups is 1. The van der Waals surface area contributed by atoms with Crippen molar-refractivity contribution in [3.8, 4) is 0 Å². The van der Waals surface area contributed by atoms with E-state index in [1.54, 1.807) is 7.11 Å². The minimum absolute atomic E-state index is 0.0117. The van der Waals surface area contributed by atoms with Gasteiger partial charge in [-0.2, -0.15) is 0 Å². The minimum atomic E-state index is -1.15. The maximum absolute atomic E-state index is 13.7. The van der Waals surface area contributed by atoms with E-state index in [0.717, 1.165) is 0 Å². The molecule has 0 spiro atoms. The van der Waals surface area contributed by atoms with E-state index >= 15 is 0 Å². The van der Waals surface area contributed by atoms with Crippen LogP contribution in [0.25, 0.3) is 0 Å². The summed E-state index contributed by atoms with van der Waals surface area (Å²) in [5.74, 6) is -1.08. The first-order valence-electron chi connectivity index (χ1n) is 4.41. The summed E-state index contributed by atoms with van der Waals surface area (Å²) >= 11 is 4.22. The molecule has 1 aromatic carbocycles. The van der Waals surface area contributed by atoms with Crippen molar-refractivity contribution in [1.29, 1.82) is 0 Å². The second-order valence-corrected chi connectivity index (χ2v) is 4.82. The Morgan fingerprint density at radius 3 is 2.88 bits per heavy atom. The first kappa shape index (κ1) is 13.5. The van der Waals surface area contributed by atoms with Crippen molar-refractivity contribution in [3.05, 3.63) is 28.0 Å². The highest BCUT2D eigenvalue weighted by atomic mass is 79.9. The topological polar surface area (TPSA) is 46.5 Å². The molecule has 0 saturated heterocycles. The number of benzene rings is 1. The van der Waals surface area contributed by atoms with Gasteiger partial charge in [0.25, 0.3) is 0 Å². The predicted molar refractivity (Wildman–Crippen MR) is 63.7 cm³/mol. The summed E-state index contributed by atoms with van der Waals surface area (Å²) < 4.78 is 18.5. The van der Waals surface area contributed by atoms with Crippen LogP contribution < -0.4 is 0 Å².